The van der Waals surface area contributed by atoms with E-state index in [-0.39, 0.29) is 0 Å². The van der Waals surface area contributed by atoms with Crippen LogP contribution in [-0.2, 0) is 0 Å². The number of hydrogen-bond acceptors (Lipinski definition) is 1. The van der Waals surface area contributed by atoms with Crippen LogP contribution >= 0.6 is 23.2 Å². The summed E-state index contributed by atoms with van der Waals surface area (Å²) in [5, 5.41) is 0.739. The van der Waals surface area contributed by atoms with Crippen LogP contribution in [0.25, 0.3) is 11.1 Å². The van der Waals surface area contributed by atoms with Gasteiger partial charge in [0.2, 0.25) is 5.95 Å². The maximum absolute atomic E-state index is 13.4. The van der Waals surface area contributed by atoms with Gasteiger partial charge in [-0.2, -0.15) is 4.39 Å². The normalized spacial score (nSPS) is 10.3. The van der Waals surface area contributed by atoms with Crippen LogP contribution in [0.3, 0.4) is 0 Å². The second kappa shape index (κ2) is 4.17. The number of hydrogen-bond donors (Lipinski definition) is 0. The highest BCUT2D eigenvalue weighted by Crippen LogP contribution is 2.33. The lowest BCUT2D eigenvalue weighted by atomic mass is 10.1. The van der Waals surface area contributed by atoms with E-state index in [0.29, 0.717) is 21.2 Å². The van der Waals surface area contributed by atoms with Crippen LogP contribution in [0.15, 0.2) is 36.5 Å². The lowest BCUT2D eigenvalue weighted by Crippen LogP contribution is -1.88. The van der Waals surface area contributed by atoms with Gasteiger partial charge in [0.05, 0.1) is 10.0 Å². The summed E-state index contributed by atoms with van der Waals surface area (Å²) in [7, 11) is 0. The molecule has 4 heteroatoms. The molecular weight excluding hydrogens is 236 g/mol. The van der Waals surface area contributed by atoms with Crippen molar-refractivity contribution in [2.75, 3.05) is 0 Å². The van der Waals surface area contributed by atoms with E-state index in [0.717, 1.165) is 0 Å². The van der Waals surface area contributed by atoms with Gasteiger partial charge in [-0.1, -0.05) is 35.3 Å². The van der Waals surface area contributed by atoms with E-state index in [1.165, 1.54) is 6.20 Å². The maximum Gasteiger partial charge on any atom is 0.220 e. The van der Waals surface area contributed by atoms with E-state index in [1.807, 2.05) is 0 Å². The van der Waals surface area contributed by atoms with Crippen molar-refractivity contribution in [3.05, 3.63) is 52.5 Å². The summed E-state index contributed by atoms with van der Waals surface area (Å²) in [5.41, 5.74) is 0.903. The van der Waals surface area contributed by atoms with Crippen molar-refractivity contribution in [1.82, 2.24) is 4.98 Å². The average Bonchev–Trinajstić information content (AvgIpc) is 2.23. The van der Waals surface area contributed by atoms with Crippen LogP contribution < -0.4 is 0 Å². The SMILES string of the molecule is Fc1ncccc1-c1cccc(Cl)c1Cl. The molecular formula is C11H6Cl2FN. The highest BCUT2D eigenvalue weighted by molar-refractivity contribution is 6.43. The van der Waals surface area contributed by atoms with Gasteiger partial charge in [0, 0.05) is 17.3 Å². The molecule has 1 heterocycles. The minimum Gasteiger partial charge on any atom is -0.228 e. The Labute approximate surface area is 96.5 Å². The summed E-state index contributed by atoms with van der Waals surface area (Å²) in [5.74, 6) is -0.554. The quantitative estimate of drug-likeness (QED) is 0.683. The summed E-state index contributed by atoms with van der Waals surface area (Å²) < 4.78 is 13.4. The summed E-state index contributed by atoms with van der Waals surface area (Å²) >= 11 is 11.8. The van der Waals surface area contributed by atoms with Crippen LogP contribution in [0.4, 0.5) is 4.39 Å². The number of nitrogens with zero attached hydrogens (tertiary/aromatic N) is 1. The molecule has 1 nitrogen and oxygen atoms in total. The van der Waals surface area contributed by atoms with Crippen molar-refractivity contribution < 1.29 is 4.39 Å². The van der Waals surface area contributed by atoms with Crippen molar-refractivity contribution in [3.8, 4) is 11.1 Å². The van der Waals surface area contributed by atoms with Gasteiger partial charge in [0.1, 0.15) is 0 Å². The second-order valence-corrected chi connectivity index (χ2v) is 3.73. The molecule has 1 aromatic carbocycles. The molecule has 0 atom stereocenters. The first-order chi connectivity index (χ1) is 7.20. The van der Waals surface area contributed by atoms with E-state index in [2.05, 4.69) is 4.98 Å². The minimum atomic E-state index is -0.554. The Hall–Kier alpha value is -1.12. The van der Waals surface area contributed by atoms with Crippen molar-refractivity contribution in [2.24, 2.45) is 0 Å². The first kappa shape index (κ1) is 10.4. The van der Waals surface area contributed by atoms with Gasteiger partial charge < -0.3 is 0 Å². The summed E-state index contributed by atoms with van der Waals surface area (Å²) in [6.45, 7) is 0. The molecule has 0 saturated heterocycles. The molecule has 0 radical (unpaired) electrons. The lowest BCUT2D eigenvalue weighted by molar-refractivity contribution is 0.587. The molecule has 0 bridgehead atoms. The topological polar surface area (TPSA) is 12.9 Å². The zero-order valence-corrected chi connectivity index (χ0v) is 9.06. The van der Waals surface area contributed by atoms with Crippen molar-refractivity contribution >= 4 is 23.2 Å². The molecule has 2 rings (SSSR count). The molecule has 0 amide bonds. The predicted molar refractivity (Wildman–Crippen MR) is 59.7 cm³/mol. The number of benzene rings is 1. The molecule has 0 N–H and O–H groups in total. The third-order valence-electron chi connectivity index (χ3n) is 2.00. The van der Waals surface area contributed by atoms with Gasteiger partial charge in [0.15, 0.2) is 0 Å². The monoisotopic (exact) mass is 241 g/mol. The molecule has 1 aromatic heterocycles. The molecule has 0 spiro atoms. The van der Waals surface area contributed by atoms with Gasteiger partial charge >= 0.3 is 0 Å². The fraction of sp³-hybridized carbons (Fsp3) is 0. The Kier molecular flexibility index (Phi) is 2.89. The van der Waals surface area contributed by atoms with Gasteiger partial charge in [0.25, 0.3) is 0 Å². The molecule has 76 valence electrons. The Morgan fingerprint density at radius 1 is 1.00 bits per heavy atom. The Balaban J connectivity index is 2.65. The first-order valence-corrected chi connectivity index (χ1v) is 5.00. The predicted octanol–water partition coefficient (Wildman–Crippen LogP) is 4.19. The molecule has 0 aliphatic rings. The number of halogens is 3. The molecule has 0 aliphatic carbocycles. The van der Waals surface area contributed by atoms with Crippen LogP contribution in [0.1, 0.15) is 0 Å². The number of pyridine rings is 1. The van der Waals surface area contributed by atoms with E-state index in [4.69, 9.17) is 23.2 Å². The first-order valence-electron chi connectivity index (χ1n) is 4.25. The standard InChI is InChI=1S/C11H6Cl2FN/c12-9-5-1-3-7(10(9)13)8-4-2-6-15-11(8)14/h1-6H. The van der Waals surface area contributed by atoms with E-state index < -0.39 is 5.95 Å². The Morgan fingerprint density at radius 2 is 1.73 bits per heavy atom. The Bertz CT molecular complexity index is 500. The zero-order valence-electron chi connectivity index (χ0n) is 7.55. The van der Waals surface area contributed by atoms with Gasteiger partial charge in [-0.15, -0.1) is 0 Å². The van der Waals surface area contributed by atoms with E-state index >= 15 is 0 Å². The van der Waals surface area contributed by atoms with Crippen molar-refractivity contribution in [3.63, 3.8) is 0 Å². The van der Waals surface area contributed by atoms with Gasteiger partial charge in [-0.05, 0) is 18.2 Å². The molecule has 15 heavy (non-hydrogen) atoms. The van der Waals surface area contributed by atoms with Gasteiger partial charge in [-0.3, -0.25) is 0 Å². The fourth-order valence-electron chi connectivity index (χ4n) is 1.30. The van der Waals surface area contributed by atoms with Crippen LogP contribution in [0.5, 0.6) is 0 Å². The van der Waals surface area contributed by atoms with E-state index in [1.54, 1.807) is 30.3 Å². The average molecular weight is 242 g/mol. The smallest absolute Gasteiger partial charge is 0.220 e. The maximum atomic E-state index is 13.4. The fourth-order valence-corrected chi connectivity index (χ4v) is 1.70. The third-order valence-corrected chi connectivity index (χ3v) is 2.82. The van der Waals surface area contributed by atoms with Crippen LogP contribution in [0, 0.1) is 5.95 Å². The highest BCUT2D eigenvalue weighted by Gasteiger charge is 2.10. The zero-order chi connectivity index (χ0) is 10.8. The van der Waals surface area contributed by atoms with E-state index in [9.17, 15) is 4.39 Å². The number of aromatic nitrogens is 1. The van der Waals surface area contributed by atoms with Crippen LogP contribution in [0.2, 0.25) is 10.0 Å². The molecule has 2 aromatic rings. The third kappa shape index (κ3) is 1.96. The molecule has 0 aliphatic heterocycles. The minimum absolute atomic E-state index is 0.339. The Morgan fingerprint density at radius 3 is 2.47 bits per heavy atom. The molecule has 0 unspecified atom stereocenters. The lowest BCUT2D eigenvalue weighted by Gasteiger charge is -2.05. The number of rotatable bonds is 1. The molecule has 0 fully saturated rings. The summed E-state index contributed by atoms with van der Waals surface area (Å²) in [6, 6.07) is 8.33. The summed E-state index contributed by atoms with van der Waals surface area (Å²) in [6.07, 6.45) is 1.39. The highest BCUT2D eigenvalue weighted by atomic mass is 35.5. The molecule has 0 saturated carbocycles. The van der Waals surface area contributed by atoms with Crippen molar-refractivity contribution in [2.45, 2.75) is 0 Å². The summed E-state index contributed by atoms with van der Waals surface area (Å²) in [4.78, 5) is 3.56. The van der Waals surface area contributed by atoms with Crippen LogP contribution in [-0.4, -0.2) is 4.98 Å². The largest absolute Gasteiger partial charge is 0.228 e. The van der Waals surface area contributed by atoms with Crippen molar-refractivity contribution in [1.29, 1.82) is 0 Å². The second-order valence-electron chi connectivity index (χ2n) is 2.94. The van der Waals surface area contributed by atoms with Gasteiger partial charge in [-0.25, -0.2) is 4.98 Å².